The molecule has 2 aromatic rings. The van der Waals surface area contributed by atoms with Crippen molar-refractivity contribution < 1.29 is 28.9 Å². The molecule has 0 saturated carbocycles. The summed E-state index contributed by atoms with van der Waals surface area (Å²) in [6, 6.07) is 11.6. The number of rotatable bonds is 6. The molecule has 0 bridgehead atoms. The molecular weight excluding hydrogens is 336 g/mol. The Morgan fingerprint density at radius 1 is 0.846 bits per heavy atom. The van der Waals surface area contributed by atoms with Crippen molar-refractivity contribution in [2.75, 3.05) is 14.2 Å². The summed E-state index contributed by atoms with van der Waals surface area (Å²) in [6.07, 6.45) is 5.77. The first kappa shape index (κ1) is 18.8. The number of hydrogen-bond acceptors (Lipinski definition) is 6. The fourth-order valence-electron chi connectivity index (χ4n) is 1.95. The van der Waals surface area contributed by atoms with Crippen LogP contribution in [0.2, 0.25) is 0 Å². The van der Waals surface area contributed by atoms with Crippen LogP contribution in [0.5, 0.6) is 17.2 Å². The number of phenols is 1. The monoisotopic (exact) mass is 354 g/mol. The zero-order chi connectivity index (χ0) is 18.9. The van der Waals surface area contributed by atoms with Crippen molar-refractivity contribution in [3.05, 3.63) is 65.7 Å². The molecule has 134 valence electrons. The molecule has 0 amide bonds. The number of hydrogen-bond donors (Lipinski definition) is 1. The van der Waals surface area contributed by atoms with Crippen LogP contribution in [0.1, 0.15) is 11.1 Å². The van der Waals surface area contributed by atoms with Gasteiger partial charge in [-0.15, -0.1) is 0 Å². The first-order valence-electron chi connectivity index (χ1n) is 7.65. The Morgan fingerprint density at radius 2 is 1.38 bits per heavy atom. The Labute approximate surface area is 150 Å². The quantitative estimate of drug-likeness (QED) is 0.631. The summed E-state index contributed by atoms with van der Waals surface area (Å²) in [5, 5.41) is 9.94. The standard InChI is InChI=1S/C20H18O6/c1-24-19(22)11-6-14-3-8-16(9-4-14)26-18-13-15(5-10-17(18)21)7-12-20(23)25-2/h3-13,21H,1-2H3. The largest absolute Gasteiger partial charge is 0.504 e. The molecule has 6 heteroatoms. The number of phenolic OH excluding ortho intramolecular Hbond substituents is 1. The topological polar surface area (TPSA) is 82.1 Å². The van der Waals surface area contributed by atoms with Crippen LogP contribution in [-0.2, 0) is 19.1 Å². The van der Waals surface area contributed by atoms with Gasteiger partial charge < -0.3 is 19.3 Å². The van der Waals surface area contributed by atoms with E-state index in [0.29, 0.717) is 11.3 Å². The van der Waals surface area contributed by atoms with Gasteiger partial charge in [0.1, 0.15) is 5.75 Å². The maximum absolute atomic E-state index is 11.2. The number of esters is 2. The summed E-state index contributed by atoms with van der Waals surface area (Å²) >= 11 is 0. The fraction of sp³-hybridized carbons (Fsp3) is 0.100. The minimum atomic E-state index is -0.476. The number of carbonyl (C=O) groups is 2. The molecule has 2 rings (SSSR count). The third-order valence-electron chi connectivity index (χ3n) is 3.32. The Bertz CT molecular complexity index is 834. The number of carbonyl (C=O) groups excluding carboxylic acids is 2. The molecule has 2 aromatic carbocycles. The van der Waals surface area contributed by atoms with Crippen LogP contribution in [-0.4, -0.2) is 31.3 Å². The molecule has 0 aliphatic heterocycles. The van der Waals surface area contributed by atoms with Crippen LogP contribution in [0, 0.1) is 0 Å². The van der Waals surface area contributed by atoms with Crippen LogP contribution in [0.15, 0.2) is 54.6 Å². The van der Waals surface area contributed by atoms with Crippen molar-refractivity contribution in [2.45, 2.75) is 0 Å². The maximum Gasteiger partial charge on any atom is 0.330 e. The summed E-state index contributed by atoms with van der Waals surface area (Å²) in [4.78, 5) is 22.2. The van der Waals surface area contributed by atoms with Gasteiger partial charge in [-0.3, -0.25) is 0 Å². The van der Waals surface area contributed by atoms with Gasteiger partial charge in [-0.25, -0.2) is 9.59 Å². The second kappa shape index (κ2) is 9.08. The zero-order valence-electron chi connectivity index (χ0n) is 14.3. The highest BCUT2D eigenvalue weighted by Crippen LogP contribution is 2.32. The van der Waals surface area contributed by atoms with E-state index in [1.54, 1.807) is 48.6 Å². The highest BCUT2D eigenvalue weighted by molar-refractivity contribution is 5.87. The van der Waals surface area contributed by atoms with Crippen molar-refractivity contribution in [2.24, 2.45) is 0 Å². The lowest BCUT2D eigenvalue weighted by Gasteiger charge is -2.09. The molecular formula is C20H18O6. The Kier molecular flexibility index (Phi) is 6.56. The van der Waals surface area contributed by atoms with Gasteiger partial charge in [0.25, 0.3) is 0 Å². The summed E-state index contributed by atoms with van der Waals surface area (Å²) in [6.45, 7) is 0. The highest BCUT2D eigenvalue weighted by Gasteiger charge is 2.05. The third kappa shape index (κ3) is 5.52. The molecule has 0 fully saturated rings. The summed E-state index contributed by atoms with van der Waals surface area (Å²) in [5.74, 6) is -0.197. The number of aromatic hydroxyl groups is 1. The van der Waals surface area contributed by atoms with E-state index in [4.69, 9.17) is 4.74 Å². The molecule has 0 aromatic heterocycles. The van der Waals surface area contributed by atoms with Crippen molar-refractivity contribution in [1.82, 2.24) is 0 Å². The van der Waals surface area contributed by atoms with Gasteiger partial charge in [0, 0.05) is 12.2 Å². The van der Waals surface area contributed by atoms with Gasteiger partial charge in [-0.05, 0) is 47.5 Å². The lowest BCUT2D eigenvalue weighted by atomic mass is 10.2. The number of methoxy groups -OCH3 is 2. The lowest BCUT2D eigenvalue weighted by molar-refractivity contribution is -0.135. The highest BCUT2D eigenvalue weighted by atomic mass is 16.5. The molecule has 0 saturated heterocycles. The van der Waals surface area contributed by atoms with Crippen molar-refractivity contribution >= 4 is 24.1 Å². The molecule has 0 unspecified atom stereocenters. The van der Waals surface area contributed by atoms with Crippen molar-refractivity contribution in [3.63, 3.8) is 0 Å². The summed E-state index contributed by atoms with van der Waals surface area (Å²) in [5.41, 5.74) is 1.46. The minimum absolute atomic E-state index is 0.0325. The number of ether oxygens (including phenoxy) is 3. The molecule has 0 heterocycles. The van der Waals surface area contributed by atoms with Gasteiger partial charge >= 0.3 is 11.9 Å². The molecule has 6 nitrogen and oxygen atoms in total. The van der Waals surface area contributed by atoms with E-state index in [-0.39, 0.29) is 11.5 Å². The normalized spacial score (nSPS) is 10.8. The van der Waals surface area contributed by atoms with Crippen LogP contribution < -0.4 is 4.74 Å². The van der Waals surface area contributed by atoms with Gasteiger partial charge in [0.2, 0.25) is 0 Å². The Hall–Kier alpha value is -3.54. The van der Waals surface area contributed by atoms with Gasteiger partial charge in [-0.2, -0.15) is 0 Å². The van der Waals surface area contributed by atoms with E-state index >= 15 is 0 Å². The van der Waals surface area contributed by atoms with E-state index in [0.717, 1.165) is 5.56 Å². The summed E-state index contributed by atoms with van der Waals surface area (Å²) < 4.78 is 14.7. The zero-order valence-corrected chi connectivity index (χ0v) is 14.3. The molecule has 1 N–H and O–H groups in total. The third-order valence-corrected chi connectivity index (χ3v) is 3.32. The SMILES string of the molecule is COC(=O)C=Cc1ccc(Oc2cc(C=CC(=O)OC)ccc2O)cc1. The van der Waals surface area contributed by atoms with E-state index in [1.165, 1.54) is 32.4 Å². The van der Waals surface area contributed by atoms with Gasteiger partial charge in [0.05, 0.1) is 14.2 Å². The van der Waals surface area contributed by atoms with Crippen LogP contribution in [0.25, 0.3) is 12.2 Å². The smallest absolute Gasteiger partial charge is 0.330 e. The predicted octanol–water partition coefficient (Wildman–Crippen LogP) is 3.56. The van der Waals surface area contributed by atoms with E-state index in [1.807, 2.05) is 0 Å². The summed E-state index contributed by atoms with van der Waals surface area (Å²) in [7, 11) is 2.60. The minimum Gasteiger partial charge on any atom is -0.504 e. The second-order valence-electron chi connectivity index (χ2n) is 5.11. The van der Waals surface area contributed by atoms with E-state index in [2.05, 4.69) is 9.47 Å². The van der Waals surface area contributed by atoms with Crippen LogP contribution in [0.3, 0.4) is 0 Å². The van der Waals surface area contributed by atoms with E-state index in [9.17, 15) is 14.7 Å². The molecule has 26 heavy (non-hydrogen) atoms. The average Bonchev–Trinajstić information content (AvgIpc) is 2.67. The first-order chi connectivity index (χ1) is 12.5. The van der Waals surface area contributed by atoms with Gasteiger partial charge in [-0.1, -0.05) is 18.2 Å². The second-order valence-corrected chi connectivity index (χ2v) is 5.11. The Balaban J connectivity index is 2.12. The van der Waals surface area contributed by atoms with Crippen molar-refractivity contribution in [3.8, 4) is 17.2 Å². The van der Waals surface area contributed by atoms with Crippen molar-refractivity contribution in [1.29, 1.82) is 0 Å². The predicted molar refractivity (Wildman–Crippen MR) is 96.7 cm³/mol. The molecule has 0 atom stereocenters. The van der Waals surface area contributed by atoms with Crippen LogP contribution >= 0.6 is 0 Å². The molecule has 0 radical (unpaired) electrons. The number of benzene rings is 2. The molecule has 0 aliphatic carbocycles. The first-order valence-corrected chi connectivity index (χ1v) is 7.65. The average molecular weight is 354 g/mol. The fourth-order valence-corrected chi connectivity index (χ4v) is 1.95. The maximum atomic E-state index is 11.2. The Morgan fingerprint density at radius 3 is 1.96 bits per heavy atom. The lowest BCUT2D eigenvalue weighted by Crippen LogP contribution is -1.93. The van der Waals surface area contributed by atoms with E-state index < -0.39 is 11.9 Å². The van der Waals surface area contributed by atoms with Crippen LogP contribution in [0.4, 0.5) is 0 Å². The molecule has 0 aliphatic rings. The molecule has 0 spiro atoms. The van der Waals surface area contributed by atoms with Gasteiger partial charge in [0.15, 0.2) is 11.5 Å².